The Morgan fingerprint density at radius 1 is 1.11 bits per heavy atom. The van der Waals surface area contributed by atoms with Gasteiger partial charge in [-0.05, 0) is 93.5 Å². The molecule has 4 N–H and O–H groups in total. The van der Waals surface area contributed by atoms with E-state index in [1.54, 1.807) is 24.3 Å². The van der Waals surface area contributed by atoms with E-state index in [2.05, 4.69) is 51.6 Å². The molecule has 1 aromatic carbocycles. The van der Waals surface area contributed by atoms with Crippen molar-refractivity contribution in [3.05, 3.63) is 70.9 Å². The van der Waals surface area contributed by atoms with Crippen molar-refractivity contribution in [2.75, 3.05) is 19.5 Å². The van der Waals surface area contributed by atoms with Crippen molar-refractivity contribution in [2.24, 2.45) is 23.7 Å². The van der Waals surface area contributed by atoms with Crippen LogP contribution in [0.2, 0.25) is 0 Å². The van der Waals surface area contributed by atoms with Crippen LogP contribution in [-0.4, -0.2) is 64.8 Å². The normalized spacial score (nSPS) is 22.5. The van der Waals surface area contributed by atoms with Gasteiger partial charge in [0.1, 0.15) is 18.0 Å². The summed E-state index contributed by atoms with van der Waals surface area (Å²) in [5.74, 6) is 2.13. The van der Waals surface area contributed by atoms with E-state index in [1.807, 2.05) is 0 Å². The third-order valence-corrected chi connectivity index (χ3v) is 9.09. The number of aldehydes is 1. The van der Waals surface area contributed by atoms with E-state index in [1.165, 1.54) is 63.3 Å². The van der Waals surface area contributed by atoms with Crippen LogP contribution in [0.15, 0.2) is 59.5 Å². The van der Waals surface area contributed by atoms with Crippen LogP contribution in [-0.2, 0) is 25.7 Å². The van der Waals surface area contributed by atoms with Crippen molar-refractivity contribution < 1.29 is 23.9 Å². The second-order valence-electron chi connectivity index (χ2n) is 12.6. The molecule has 0 saturated heterocycles. The van der Waals surface area contributed by atoms with Gasteiger partial charge in [0.25, 0.3) is 11.5 Å². The van der Waals surface area contributed by atoms with E-state index < -0.39 is 29.4 Å². The summed E-state index contributed by atoms with van der Waals surface area (Å²) in [7, 11) is 3.38. The maximum Gasteiger partial charge on any atom is 0.330 e. The highest BCUT2D eigenvalue weighted by molar-refractivity contribution is 6.00. The zero-order valence-electron chi connectivity index (χ0n) is 27.5. The van der Waals surface area contributed by atoms with Gasteiger partial charge in [0.2, 0.25) is 5.91 Å². The van der Waals surface area contributed by atoms with Gasteiger partial charge in [0, 0.05) is 18.3 Å². The number of esters is 1. The lowest BCUT2D eigenvalue weighted by molar-refractivity contribution is -0.134. The van der Waals surface area contributed by atoms with Gasteiger partial charge in [-0.2, -0.15) is 0 Å². The number of hydrogen-bond donors (Lipinski definition) is 4. The fourth-order valence-corrected chi connectivity index (χ4v) is 7.09. The van der Waals surface area contributed by atoms with Crippen molar-refractivity contribution in [3.63, 3.8) is 0 Å². The van der Waals surface area contributed by atoms with Crippen molar-refractivity contribution in [3.8, 4) is 0 Å². The first kappa shape index (κ1) is 35.3. The Balaban J connectivity index is 0.000000318. The predicted molar refractivity (Wildman–Crippen MR) is 180 cm³/mol. The SMILES string of the molecule is CNC1C(C)CC2CC(C)CC1C2.COC(=O)/C=C/CC[C@H](NC(=O)c1nc2ccccc2[nH]1)C(=O)Nc1cccn(CC=O)c1=O. The number of ether oxygens (including phenoxy) is 1. The van der Waals surface area contributed by atoms with E-state index >= 15 is 0 Å². The van der Waals surface area contributed by atoms with Crippen LogP contribution >= 0.6 is 0 Å². The van der Waals surface area contributed by atoms with Crippen LogP contribution < -0.4 is 21.5 Å². The summed E-state index contributed by atoms with van der Waals surface area (Å²) < 4.78 is 5.67. The zero-order chi connectivity index (χ0) is 33.9. The van der Waals surface area contributed by atoms with Crippen LogP contribution in [0.5, 0.6) is 0 Å². The van der Waals surface area contributed by atoms with Crippen LogP contribution in [0.25, 0.3) is 11.0 Å². The number of aromatic amines is 1. The monoisotopic (exact) mass is 646 g/mol. The van der Waals surface area contributed by atoms with Gasteiger partial charge in [-0.15, -0.1) is 0 Å². The number of para-hydroxylation sites is 2. The fourth-order valence-electron chi connectivity index (χ4n) is 7.09. The summed E-state index contributed by atoms with van der Waals surface area (Å²) in [6.45, 7) is 4.70. The predicted octanol–water partition coefficient (Wildman–Crippen LogP) is 3.84. The molecule has 2 bridgehead atoms. The highest BCUT2D eigenvalue weighted by Crippen LogP contribution is 2.44. The van der Waals surface area contributed by atoms with Gasteiger partial charge in [0.15, 0.2) is 5.82 Å². The molecule has 252 valence electrons. The zero-order valence-corrected chi connectivity index (χ0v) is 27.5. The van der Waals surface area contributed by atoms with Gasteiger partial charge >= 0.3 is 5.97 Å². The maximum absolute atomic E-state index is 13.0. The third kappa shape index (κ3) is 9.47. The van der Waals surface area contributed by atoms with Crippen LogP contribution in [0.3, 0.4) is 0 Å². The van der Waals surface area contributed by atoms with Crippen LogP contribution in [0.4, 0.5) is 5.69 Å². The number of methoxy groups -OCH3 is 1. The molecule has 5 unspecified atom stereocenters. The first-order valence-corrected chi connectivity index (χ1v) is 16.2. The summed E-state index contributed by atoms with van der Waals surface area (Å²) in [5, 5.41) is 8.65. The molecule has 2 fully saturated rings. The lowest BCUT2D eigenvalue weighted by atomic mass is 9.63. The number of carbonyl (C=O) groups excluding carboxylic acids is 4. The Kier molecular flexibility index (Phi) is 12.6. The van der Waals surface area contributed by atoms with Crippen molar-refractivity contribution in [1.29, 1.82) is 0 Å². The van der Waals surface area contributed by atoms with E-state index in [-0.39, 0.29) is 30.9 Å². The number of carbonyl (C=O) groups is 4. The summed E-state index contributed by atoms with van der Waals surface area (Å²) in [6.07, 6.45) is 11.0. The number of fused-ring (bicyclic) bond motifs is 3. The summed E-state index contributed by atoms with van der Waals surface area (Å²) >= 11 is 0. The number of aromatic nitrogens is 3. The third-order valence-electron chi connectivity index (χ3n) is 9.09. The van der Waals surface area contributed by atoms with E-state index in [0.717, 1.165) is 34.3 Å². The number of H-pyrrole nitrogens is 1. The lowest BCUT2D eigenvalue weighted by Gasteiger charge is -2.46. The Labute approximate surface area is 274 Å². The number of nitrogens with one attached hydrogen (secondary N) is 4. The quantitative estimate of drug-likeness (QED) is 0.139. The number of amides is 2. The second-order valence-corrected chi connectivity index (χ2v) is 12.6. The lowest BCUT2D eigenvalue weighted by Crippen LogP contribution is -2.47. The van der Waals surface area contributed by atoms with E-state index in [9.17, 15) is 24.0 Å². The Morgan fingerprint density at radius 2 is 1.89 bits per heavy atom. The van der Waals surface area contributed by atoms with Gasteiger partial charge in [-0.3, -0.25) is 14.4 Å². The van der Waals surface area contributed by atoms with Crippen molar-refractivity contribution in [1.82, 2.24) is 25.2 Å². The van der Waals surface area contributed by atoms with Crippen molar-refractivity contribution >= 4 is 40.8 Å². The standard InChI is InChI=1S/C23H23N5O6.C12H23N/c1-34-19(30)11-5-4-9-17(21(31)27-18-10-6-12-28(13-14-29)23(18)33)26-22(32)20-24-15-7-2-3-8-16(15)25-20;1-8-4-10-6-9(2)12(13-3)11(5-8)7-10/h2-3,5-8,10-12,14,17H,4,9,13H2,1H3,(H,24,25)(H,26,32)(H,27,31);8-13H,4-7H2,1-3H3/b11-5+;/t17-;/m0./s1. The molecular formula is C35H46N6O6. The number of allylic oxidation sites excluding steroid dienone is 1. The number of rotatable bonds is 11. The largest absolute Gasteiger partial charge is 0.466 e. The first-order valence-electron chi connectivity index (χ1n) is 16.2. The molecule has 0 spiro atoms. The van der Waals surface area contributed by atoms with Crippen LogP contribution in [0, 0.1) is 23.7 Å². The topological polar surface area (TPSA) is 164 Å². The minimum atomic E-state index is -1.05. The Hall–Kier alpha value is -4.58. The van der Waals surface area contributed by atoms with Gasteiger partial charge in [-0.25, -0.2) is 9.78 Å². The number of pyridine rings is 1. The number of nitrogens with zero attached hydrogens (tertiary/aromatic N) is 2. The molecular weight excluding hydrogens is 600 g/mol. The minimum Gasteiger partial charge on any atom is -0.466 e. The molecule has 5 rings (SSSR count). The summed E-state index contributed by atoms with van der Waals surface area (Å²) in [6, 6.07) is 9.75. The summed E-state index contributed by atoms with van der Waals surface area (Å²) in [4.78, 5) is 67.4. The van der Waals surface area contributed by atoms with E-state index in [4.69, 9.17) is 0 Å². The minimum absolute atomic E-state index is 0.0251. The Bertz CT molecular complexity index is 1590. The van der Waals surface area contributed by atoms with Gasteiger partial charge < -0.3 is 35.0 Å². The molecule has 12 heteroatoms. The highest BCUT2D eigenvalue weighted by atomic mass is 16.5. The molecule has 0 aliphatic heterocycles. The molecule has 47 heavy (non-hydrogen) atoms. The Morgan fingerprint density at radius 3 is 2.62 bits per heavy atom. The molecule has 3 aromatic rings. The average molecular weight is 647 g/mol. The molecule has 2 aromatic heterocycles. The smallest absolute Gasteiger partial charge is 0.330 e. The number of hydrogen-bond acceptors (Lipinski definition) is 8. The van der Waals surface area contributed by atoms with Crippen LogP contribution in [0.1, 0.15) is 63.0 Å². The first-order chi connectivity index (χ1) is 22.6. The molecule has 2 saturated carbocycles. The molecule has 12 nitrogen and oxygen atoms in total. The average Bonchev–Trinajstić information content (AvgIpc) is 3.49. The molecule has 2 aliphatic carbocycles. The van der Waals surface area contributed by atoms with E-state index in [0.29, 0.717) is 17.3 Å². The molecule has 2 amide bonds. The van der Waals surface area contributed by atoms with Crippen molar-refractivity contribution in [2.45, 2.75) is 71.0 Å². The molecule has 0 radical (unpaired) electrons. The maximum atomic E-state index is 13.0. The summed E-state index contributed by atoms with van der Waals surface area (Å²) in [5.41, 5.74) is 0.655. The molecule has 2 aliphatic rings. The second kappa shape index (κ2) is 16.8. The molecule has 2 heterocycles. The highest BCUT2D eigenvalue weighted by Gasteiger charge is 2.39. The molecule has 6 atom stereocenters. The van der Waals surface area contributed by atoms with Gasteiger partial charge in [0.05, 0.1) is 24.7 Å². The van der Waals surface area contributed by atoms with Gasteiger partial charge in [-0.1, -0.05) is 32.1 Å². The fraction of sp³-hybridized carbons (Fsp3) is 0.486. The number of benzene rings is 1. The number of anilines is 1. The number of imidazole rings is 1.